The van der Waals surface area contributed by atoms with Gasteiger partial charge in [-0.15, -0.1) is 0 Å². The summed E-state index contributed by atoms with van der Waals surface area (Å²) in [6, 6.07) is 6.17. The van der Waals surface area contributed by atoms with Crippen molar-refractivity contribution in [3.05, 3.63) is 23.8 Å². The molecule has 0 aliphatic heterocycles. The van der Waals surface area contributed by atoms with Gasteiger partial charge in [-0.25, -0.2) is 4.79 Å². The first-order valence-corrected chi connectivity index (χ1v) is 7.82. The van der Waals surface area contributed by atoms with Crippen LogP contribution in [0.1, 0.15) is 49.9 Å². The monoisotopic (exact) mass is 290 g/mol. The van der Waals surface area contributed by atoms with Crippen LogP contribution in [0.2, 0.25) is 0 Å². The van der Waals surface area contributed by atoms with Crippen LogP contribution in [0.3, 0.4) is 0 Å². The third kappa shape index (κ3) is 3.69. The second-order valence-corrected chi connectivity index (χ2v) is 6.03. The van der Waals surface area contributed by atoms with Gasteiger partial charge in [-0.2, -0.15) is 0 Å². The first-order chi connectivity index (χ1) is 10.0. The van der Waals surface area contributed by atoms with Gasteiger partial charge in [-0.05, 0) is 43.9 Å². The van der Waals surface area contributed by atoms with Crippen molar-refractivity contribution in [2.75, 3.05) is 24.3 Å². The Morgan fingerprint density at radius 3 is 2.86 bits per heavy atom. The number of nitrogens with two attached hydrogens (primary N) is 1. The Morgan fingerprint density at radius 1 is 1.43 bits per heavy atom. The molecule has 1 aromatic rings. The van der Waals surface area contributed by atoms with Crippen molar-refractivity contribution in [2.24, 2.45) is 5.92 Å². The van der Waals surface area contributed by atoms with Crippen molar-refractivity contribution < 1.29 is 9.53 Å². The second-order valence-electron chi connectivity index (χ2n) is 6.03. The van der Waals surface area contributed by atoms with Crippen LogP contribution in [-0.4, -0.2) is 25.7 Å². The molecule has 2 N–H and O–H groups in total. The van der Waals surface area contributed by atoms with E-state index in [4.69, 9.17) is 10.5 Å². The highest BCUT2D eigenvalue weighted by atomic mass is 16.5. The highest BCUT2D eigenvalue weighted by Crippen LogP contribution is 2.31. The van der Waals surface area contributed by atoms with Crippen molar-refractivity contribution >= 4 is 17.3 Å². The SMILES string of the molecule is CCOC(=O)c1cc(N(C)C2CCCC(C)C2)ccc1N. The molecule has 0 aromatic heterocycles. The Morgan fingerprint density at radius 2 is 2.19 bits per heavy atom. The van der Waals surface area contributed by atoms with Gasteiger partial charge in [0.1, 0.15) is 0 Å². The molecule has 2 atom stereocenters. The molecular weight excluding hydrogens is 264 g/mol. The van der Waals surface area contributed by atoms with Gasteiger partial charge < -0.3 is 15.4 Å². The molecule has 0 heterocycles. The molecule has 0 radical (unpaired) electrons. The van der Waals surface area contributed by atoms with E-state index in [1.807, 2.05) is 12.1 Å². The number of esters is 1. The van der Waals surface area contributed by atoms with E-state index in [1.165, 1.54) is 25.7 Å². The smallest absolute Gasteiger partial charge is 0.340 e. The molecule has 1 saturated carbocycles. The number of nitrogens with zero attached hydrogens (tertiary/aromatic N) is 1. The van der Waals surface area contributed by atoms with Crippen LogP contribution in [-0.2, 0) is 4.74 Å². The standard InChI is InChI=1S/C17H26N2O2/c1-4-21-17(20)15-11-14(8-9-16(15)18)19(3)13-7-5-6-12(2)10-13/h8-9,11-13H,4-7,10,18H2,1-3H3. The molecule has 21 heavy (non-hydrogen) atoms. The van der Waals surface area contributed by atoms with Crippen LogP contribution >= 0.6 is 0 Å². The summed E-state index contributed by atoms with van der Waals surface area (Å²) in [6.07, 6.45) is 5.01. The fourth-order valence-corrected chi connectivity index (χ4v) is 3.11. The fourth-order valence-electron chi connectivity index (χ4n) is 3.11. The molecule has 1 aromatic carbocycles. The third-order valence-corrected chi connectivity index (χ3v) is 4.40. The average Bonchev–Trinajstić information content (AvgIpc) is 2.47. The Bertz CT molecular complexity index is 502. The van der Waals surface area contributed by atoms with Crippen LogP contribution in [0, 0.1) is 5.92 Å². The predicted octanol–water partition coefficient (Wildman–Crippen LogP) is 3.46. The van der Waals surface area contributed by atoms with Crippen molar-refractivity contribution in [1.29, 1.82) is 0 Å². The highest BCUT2D eigenvalue weighted by Gasteiger charge is 2.23. The van der Waals surface area contributed by atoms with Gasteiger partial charge in [0, 0.05) is 24.5 Å². The molecule has 2 rings (SSSR count). The summed E-state index contributed by atoms with van der Waals surface area (Å²) < 4.78 is 5.07. The van der Waals surface area contributed by atoms with Crippen LogP contribution in [0.4, 0.5) is 11.4 Å². The van der Waals surface area contributed by atoms with Crippen molar-refractivity contribution in [2.45, 2.75) is 45.6 Å². The molecule has 4 heteroatoms. The van der Waals surface area contributed by atoms with Gasteiger partial charge in [0.25, 0.3) is 0 Å². The first kappa shape index (κ1) is 15.7. The maximum absolute atomic E-state index is 11.9. The first-order valence-electron chi connectivity index (χ1n) is 7.82. The van der Waals surface area contributed by atoms with Gasteiger partial charge in [-0.1, -0.05) is 19.8 Å². The van der Waals surface area contributed by atoms with Gasteiger partial charge in [0.05, 0.1) is 12.2 Å². The molecule has 1 fully saturated rings. The molecular formula is C17H26N2O2. The summed E-state index contributed by atoms with van der Waals surface area (Å²) in [5.41, 5.74) is 7.87. The summed E-state index contributed by atoms with van der Waals surface area (Å²) in [5.74, 6) is 0.423. The Labute approximate surface area is 127 Å². The van der Waals surface area contributed by atoms with Crippen LogP contribution < -0.4 is 10.6 Å². The minimum atomic E-state index is -0.345. The number of rotatable bonds is 4. The van der Waals surface area contributed by atoms with E-state index in [0.29, 0.717) is 23.9 Å². The molecule has 1 aliphatic rings. The second kappa shape index (κ2) is 6.83. The highest BCUT2D eigenvalue weighted by molar-refractivity contribution is 5.96. The largest absolute Gasteiger partial charge is 0.462 e. The zero-order chi connectivity index (χ0) is 15.4. The summed E-state index contributed by atoms with van der Waals surface area (Å²) >= 11 is 0. The molecule has 1 aliphatic carbocycles. The zero-order valence-electron chi connectivity index (χ0n) is 13.3. The van der Waals surface area contributed by atoms with E-state index in [9.17, 15) is 4.79 Å². The minimum Gasteiger partial charge on any atom is -0.462 e. The van der Waals surface area contributed by atoms with E-state index in [1.54, 1.807) is 13.0 Å². The van der Waals surface area contributed by atoms with Crippen LogP contribution in [0.25, 0.3) is 0 Å². The topological polar surface area (TPSA) is 55.6 Å². The number of benzene rings is 1. The number of carbonyl (C=O) groups excluding carboxylic acids is 1. The zero-order valence-corrected chi connectivity index (χ0v) is 13.3. The molecule has 0 spiro atoms. The fraction of sp³-hybridized carbons (Fsp3) is 0.588. The molecule has 4 nitrogen and oxygen atoms in total. The molecule has 2 unspecified atom stereocenters. The van der Waals surface area contributed by atoms with Crippen LogP contribution in [0.5, 0.6) is 0 Å². The summed E-state index contributed by atoms with van der Waals surface area (Å²) in [4.78, 5) is 14.2. The van der Waals surface area contributed by atoms with E-state index < -0.39 is 0 Å². The molecule has 116 valence electrons. The number of carbonyl (C=O) groups is 1. The lowest BCUT2D eigenvalue weighted by atomic mass is 9.86. The van der Waals surface area contributed by atoms with Gasteiger partial charge >= 0.3 is 5.97 Å². The lowest BCUT2D eigenvalue weighted by Gasteiger charge is -2.35. The van der Waals surface area contributed by atoms with Gasteiger partial charge in [0.15, 0.2) is 0 Å². The Kier molecular flexibility index (Phi) is 5.10. The number of anilines is 2. The number of ether oxygens (including phenoxy) is 1. The number of hydrogen-bond acceptors (Lipinski definition) is 4. The van der Waals surface area contributed by atoms with Crippen molar-refractivity contribution in [3.63, 3.8) is 0 Å². The van der Waals surface area contributed by atoms with E-state index in [-0.39, 0.29) is 5.97 Å². The van der Waals surface area contributed by atoms with Crippen molar-refractivity contribution in [3.8, 4) is 0 Å². The Hall–Kier alpha value is -1.71. The molecule has 0 amide bonds. The van der Waals surface area contributed by atoms with E-state index >= 15 is 0 Å². The number of nitrogen functional groups attached to an aromatic ring is 1. The normalized spacial score (nSPS) is 21.9. The predicted molar refractivity (Wildman–Crippen MR) is 86.6 cm³/mol. The molecule has 0 saturated heterocycles. The molecule has 0 bridgehead atoms. The summed E-state index contributed by atoms with van der Waals surface area (Å²) in [7, 11) is 2.10. The lowest BCUT2D eigenvalue weighted by Crippen LogP contribution is -2.35. The third-order valence-electron chi connectivity index (χ3n) is 4.40. The van der Waals surface area contributed by atoms with E-state index in [0.717, 1.165) is 11.6 Å². The summed E-state index contributed by atoms with van der Waals surface area (Å²) in [5, 5.41) is 0. The van der Waals surface area contributed by atoms with Gasteiger partial charge in [0.2, 0.25) is 0 Å². The number of hydrogen-bond donors (Lipinski definition) is 1. The maximum Gasteiger partial charge on any atom is 0.340 e. The average molecular weight is 290 g/mol. The van der Waals surface area contributed by atoms with Crippen LogP contribution in [0.15, 0.2) is 18.2 Å². The quantitative estimate of drug-likeness (QED) is 0.681. The van der Waals surface area contributed by atoms with E-state index in [2.05, 4.69) is 18.9 Å². The van der Waals surface area contributed by atoms with Gasteiger partial charge in [-0.3, -0.25) is 0 Å². The lowest BCUT2D eigenvalue weighted by molar-refractivity contribution is 0.0527. The Balaban J connectivity index is 2.19. The maximum atomic E-state index is 11.9. The summed E-state index contributed by atoms with van der Waals surface area (Å²) in [6.45, 7) is 4.47. The minimum absolute atomic E-state index is 0.345. The van der Waals surface area contributed by atoms with Crippen molar-refractivity contribution in [1.82, 2.24) is 0 Å².